The summed E-state index contributed by atoms with van der Waals surface area (Å²) in [6.07, 6.45) is 2.53. The minimum atomic E-state index is -2.84. The van der Waals surface area contributed by atoms with Crippen LogP contribution in [0, 0.1) is 5.41 Å². The number of hydrogen-bond acceptors (Lipinski definition) is 1. The van der Waals surface area contributed by atoms with E-state index in [4.69, 9.17) is 0 Å². The number of aryl methyl sites for hydroxylation is 1. The molecule has 0 N–H and O–H groups in total. The van der Waals surface area contributed by atoms with Gasteiger partial charge in [0.2, 0.25) is 0 Å². The van der Waals surface area contributed by atoms with Crippen LogP contribution in [-0.4, -0.2) is 9.78 Å². The third kappa shape index (κ3) is 3.98. The average molecular weight is 216 g/mol. The van der Waals surface area contributed by atoms with E-state index in [1.807, 2.05) is 0 Å². The summed E-state index contributed by atoms with van der Waals surface area (Å²) in [7, 11) is 0. The van der Waals surface area contributed by atoms with Gasteiger partial charge in [-0.1, -0.05) is 20.8 Å². The van der Waals surface area contributed by atoms with Crippen molar-refractivity contribution in [1.82, 2.24) is 9.78 Å². The predicted octanol–water partition coefficient (Wildman–Crippen LogP) is 3.43. The van der Waals surface area contributed by atoms with E-state index in [0.717, 1.165) is 13.3 Å². The van der Waals surface area contributed by atoms with E-state index in [1.54, 1.807) is 10.9 Å². The molecule has 0 fully saturated rings. The van der Waals surface area contributed by atoms with Crippen molar-refractivity contribution < 1.29 is 8.78 Å². The topological polar surface area (TPSA) is 17.8 Å². The molecule has 0 saturated heterocycles. The molecule has 0 aromatic carbocycles. The number of halogens is 2. The minimum absolute atomic E-state index is 0.156. The van der Waals surface area contributed by atoms with Gasteiger partial charge in [-0.3, -0.25) is 4.68 Å². The van der Waals surface area contributed by atoms with E-state index in [2.05, 4.69) is 25.9 Å². The first kappa shape index (κ1) is 12.1. The lowest BCUT2D eigenvalue weighted by Gasteiger charge is -2.17. The van der Waals surface area contributed by atoms with Crippen molar-refractivity contribution in [2.45, 2.75) is 46.6 Å². The molecule has 0 bridgehead atoms. The zero-order valence-corrected chi connectivity index (χ0v) is 9.72. The van der Waals surface area contributed by atoms with Gasteiger partial charge in [-0.05, 0) is 17.9 Å². The van der Waals surface area contributed by atoms with Gasteiger partial charge in [-0.15, -0.1) is 0 Å². The highest BCUT2D eigenvalue weighted by molar-refractivity contribution is 5.05. The van der Waals surface area contributed by atoms with E-state index < -0.39 is 5.92 Å². The standard InChI is InChI=1S/C11H18F2N2/c1-10(2,3)6-8-15-7-5-9(14-15)11(4,12)13/h5,7H,6,8H2,1-4H3. The van der Waals surface area contributed by atoms with Gasteiger partial charge in [0.15, 0.2) is 0 Å². The Kier molecular flexibility index (Phi) is 3.16. The molecule has 1 aromatic heterocycles. The SMILES string of the molecule is CC(C)(C)CCn1ccc(C(C)(F)F)n1. The molecule has 0 aliphatic heterocycles. The van der Waals surface area contributed by atoms with Crippen molar-refractivity contribution in [3.63, 3.8) is 0 Å². The number of rotatable bonds is 3. The van der Waals surface area contributed by atoms with Crippen LogP contribution >= 0.6 is 0 Å². The zero-order chi connectivity index (χ0) is 11.7. The van der Waals surface area contributed by atoms with Crippen molar-refractivity contribution in [3.8, 4) is 0 Å². The van der Waals surface area contributed by atoms with Gasteiger partial charge >= 0.3 is 0 Å². The lowest BCUT2D eigenvalue weighted by Crippen LogP contribution is -2.13. The maximum absolute atomic E-state index is 12.9. The van der Waals surface area contributed by atoms with Crippen molar-refractivity contribution in [2.24, 2.45) is 5.41 Å². The first-order valence-electron chi connectivity index (χ1n) is 5.10. The van der Waals surface area contributed by atoms with Crippen molar-refractivity contribution >= 4 is 0 Å². The number of hydrogen-bond donors (Lipinski definition) is 0. The highest BCUT2D eigenvalue weighted by atomic mass is 19.3. The fourth-order valence-electron chi connectivity index (χ4n) is 1.17. The second kappa shape index (κ2) is 3.91. The van der Waals surface area contributed by atoms with E-state index in [1.165, 1.54) is 6.07 Å². The first-order valence-corrected chi connectivity index (χ1v) is 5.10. The van der Waals surface area contributed by atoms with E-state index in [9.17, 15) is 8.78 Å². The van der Waals surface area contributed by atoms with Gasteiger partial charge in [0.05, 0.1) is 0 Å². The van der Waals surface area contributed by atoms with Crippen molar-refractivity contribution in [3.05, 3.63) is 18.0 Å². The summed E-state index contributed by atoms with van der Waals surface area (Å²) in [4.78, 5) is 0. The first-order chi connectivity index (χ1) is 6.68. The predicted molar refractivity (Wildman–Crippen MR) is 55.9 cm³/mol. The van der Waals surface area contributed by atoms with Crippen molar-refractivity contribution in [2.75, 3.05) is 0 Å². The van der Waals surface area contributed by atoms with Crippen LogP contribution in [0.2, 0.25) is 0 Å². The summed E-state index contributed by atoms with van der Waals surface area (Å²) in [6.45, 7) is 7.90. The quantitative estimate of drug-likeness (QED) is 0.756. The Morgan fingerprint density at radius 1 is 1.27 bits per heavy atom. The van der Waals surface area contributed by atoms with Crippen LogP contribution in [0.25, 0.3) is 0 Å². The van der Waals surface area contributed by atoms with Crippen molar-refractivity contribution in [1.29, 1.82) is 0 Å². The number of nitrogens with zero attached hydrogens (tertiary/aromatic N) is 2. The summed E-state index contributed by atoms with van der Waals surface area (Å²) < 4.78 is 27.3. The molecule has 0 atom stereocenters. The van der Waals surface area contributed by atoms with Crippen LogP contribution in [0.4, 0.5) is 8.78 Å². The third-order valence-corrected chi connectivity index (χ3v) is 2.18. The van der Waals surface area contributed by atoms with Gasteiger partial charge in [0.25, 0.3) is 5.92 Å². The molecule has 0 saturated carbocycles. The molecule has 4 heteroatoms. The zero-order valence-electron chi connectivity index (χ0n) is 9.72. The van der Waals surface area contributed by atoms with Crippen LogP contribution in [0.15, 0.2) is 12.3 Å². The highest BCUT2D eigenvalue weighted by Gasteiger charge is 2.27. The smallest absolute Gasteiger partial charge is 0.272 e. The fraction of sp³-hybridized carbons (Fsp3) is 0.727. The third-order valence-electron chi connectivity index (χ3n) is 2.18. The highest BCUT2D eigenvalue weighted by Crippen LogP contribution is 2.25. The molecular weight excluding hydrogens is 198 g/mol. The maximum atomic E-state index is 12.9. The average Bonchev–Trinajstić information content (AvgIpc) is 2.45. The molecular formula is C11H18F2N2. The Hall–Kier alpha value is -0.930. The van der Waals surface area contributed by atoms with Gasteiger partial charge in [0, 0.05) is 19.7 Å². The molecule has 0 spiro atoms. The second-order valence-electron chi connectivity index (χ2n) is 5.16. The Morgan fingerprint density at radius 2 is 1.87 bits per heavy atom. The van der Waals surface area contributed by atoms with Crippen LogP contribution in [0.3, 0.4) is 0 Å². The maximum Gasteiger partial charge on any atom is 0.288 e. The molecule has 0 amide bonds. The molecule has 0 radical (unpaired) electrons. The molecule has 1 heterocycles. The number of alkyl halides is 2. The molecule has 1 aromatic rings. The lowest BCUT2D eigenvalue weighted by molar-refractivity contribution is 0.0120. The molecule has 15 heavy (non-hydrogen) atoms. The molecule has 86 valence electrons. The van der Waals surface area contributed by atoms with E-state index in [-0.39, 0.29) is 11.1 Å². The van der Waals surface area contributed by atoms with E-state index >= 15 is 0 Å². The Balaban J connectivity index is 2.62. The van der Waals surface area contributed by atoms with Crippen LogP contribution in [0.1, 0.15) is 39.8 Å². The van der Waals surface area contributed by atoms with Gasteiger partial charge in [-0.25, -0.2) is 0 Å². The van der Waals surface area contributed by atoms with Crippen LogP contribution in [0.5, 0.6) is 0 Å². The Morgan fingerprint density at radius 3 is 2.27 bits per heavy atom. The van der Waals surface area contributed by atoms with Gasteiger partial charge in [0.1, 0.15) is 5.69 Å². The molecule has 0 aliphatic rings. The molecule has 2 nitrogen and oxygen atoms in total. The summed E-state index contributed by atoms with van der Waals surface area (Å²) >= 11 is 0. The van der Waals surface area contributed by atoms with Gasteiger partial charge < -0.3 is 0 Å². The summed E-state index contributed by atoms with van der Waals surface area (Å²) in [5, 5.41) is 3.85. The summed E-state index contributed by atoms with van der Waals surface area (Å²) in [5.41, 5.74) is 0.0392. The Bertz CT molecular complexity index is 318. The molecule has 0 unspecified atom stereocenters. The van der Waals surface area contributed by atoms with Gasteiger partial charge in [-0.2, -0.15) is 13.9 Å². The van der Waals surface area contributed by atoms with Crippen LogP contribution in [-0.2, 0) is 12.5 Å². The normalized spacial score (nSPS) is 13.2. The summed E-state index contributed by atoms with van der Waals surface area (Å²) in [5.74, 6) is -2.84. The lowest BCUT2D eigenvalue weighted by atomic mass is 9.92. The van der Waals surface area contributed by atoms with E-state index in [0.29, 0.717) is 6.54 Å². The minimum Gasteiger partial charge on any atom is -0.272 e. The Labute approximate surface area is 89.3 Å². The molecule has 0 aliphatic carbocycles. The summed E-state index contributed by atoms with van der Waals surface area (Å²) in [6, 6.07) is 1.38. The fourth-order valence-corrected chi connectivity index (χ4v) is 1.17. The van der Waals surface area contributed by atoms with Crippen LogP contribution < -0.4 is 0 Å². The monoisotopic (exact) mass is 216 g/mol. The second-order valence-corrected chi connectivity index (χ2v) is 5.16. The largest absolute Gasteiger partial charge is 0.288 e. The number of aromatic nitrogens is 2. The molecule has 1 rings (SSSR count).